The van der Waals surface area contributed by atoms with E-state index in [1.807, 2.05) is 24.3 Å². The van der Waals surface area contributed by atoms with Gasteiger partial charge in [0.05, 0.1) is 11.1 Å². The van der Waals surface area contributed by atoms with E-state index in [4.69, 9.17) is 4.42 Å². The fourth-order valence-corrected chi connectivity index (χ4v) is 4.31. The summed E-state index contributed by atoms with van der Waals surface area (Å²) >= 11 is 0. The third-order valence-electron chi connectivity index (χ3n) is 5.67. The van der Waals surface area contributed by atoms with Crippen molar-refractivity contribution in [3.8, 4) is 0 Å². The molecule has 0 atom stereocenters. The summed E-state index contributed by atoms with van der Waals surface area (Å²) in [5.74, 6) is 0.749. The van der Waals surface area contributed by atoms with Gasteiger partial charge in [-0.05, 0) is 54.7 Å². The van der Waals surface area contributed by atoms with Crippen LogP contribution in [0.5, 0.6) is 0 Å². The highest BCUT2D eigenvalue weighted by atomic mass is 16.3. The molecule has 0 spiro atoms. The van der Waals surface area contributed by atoms with Crippen LogP contribution in [0.4, 0.5) is 11.4 Å². The van der Waals surface area contributed by atoms with Gasteiger partial charge in [-0.25, -0.2) is 0 Å². The largest absolute Gasteiger partial charge is 0.456 e. The zero-order valence-electron chi connectivity index (χ0n) is 14.9. The van der Waals surface area contributed by atoms with Crippen LogP contribution >= 0.6 is 0 Å². The number of para-hydroxylation sites is 1. The Hall–Kier alpha value is -2.74. The maximum Gasteiger partial charge on any atom is 0.137 e. The molecule has 0 aliphatic heterocycles. The van der Waals surface area contributed by atoms with Crippen molar-refractivity contribution in [2.24, 2.45) is 0 Å². The van der Waals surface area contributed by atoms with Crippen LogP contribution in [0.1, 0.15) is 43.6 Å². The minimum absolute atomic E-state index is 0.749. The first-order chi connectivity index (χ1) is 12.9. The Morgan fingerprint density at radius 1 is 0.731 bits per heavy atom. The van der Waals surface area contributed by atoms with E-state index in [9.17, 15) is 0 Å². The molecule has 1 saturated carbocycles. The van der Waals surface area contributed by atoms with E-state index in [0.717, 1.165) is 39.2 Å². The van der Waals surface area contributed by atoms with E-state index < -0.39 is 0 Å². The lowest BCUT2D eigenvalue weighted by atomic mass is 9.84. The van der Waals surface area contributed by atoms with Crippen LogP contribution in [0.2, 0.25) is 0 Å². The lowest BCUT2D eigenvalue weighted by molar-refractivity contribution is 0.443. The van der Waals surface area contributed by atoms with Gasteiger partial charge in [0, 0.05) is 11.1 Å². The monoisotopic (exact) mass is 341 g/mol. The number of anilines is 2. The first-order valence-corrected chi connectivity index (χ1v) is 9.66. The maximum absolute atomic E-state index is 5.99. The third kappa shape index (κ3) is 2.76. The fraction of sp³-hybridized carbons (Fsp3) is 0.250. The summed E-state index contributed by atoms with van der Waals surface area (Å²) in [5.41, 5.74) is 5.57. The minimum atomic E-state index is 0.749. The van der Waals surface area contributed by atoms with Crippen LogP contribution in [-0.4, -0.2) is 0 Å². The van der Waals surface area contributed by atoms with Crippen LogP contribution in [0.3, 0.4) is 0 Å². The molecule has 2 nitrogen and oxygen atoms in total. The number of nitrogens with one attached hydrogen (secondary N) is 1. The van der Waals surface area contributed by atoms with Gasteiger partial charge in [0.15, 0.2) is 0 Å². The molecular formula is C24H23NO. The third-order valence-corrected chi connectivity index (χ3v) is 5.67. The molecule has 1 aliphatic carbocycles. The molecule has 1 aliphatic rings. The molecule has 1 heterocycles. The molecule has 0 bridgehead atoms. The average Bonchev–Trinajstić information content (AvgIpc) is 3.09. The fourth-order valence-electron chi connectivity index (χ4n) is 4.31. The van der Waals surface area contributed by atoms with Gasteiger partial charge in [-0.3, -0.25) is 0 Å². The first kappa shape index (κ1) is 15.5. The number of furan rings is 1. The van der Waals surface area contributed by atoms with Gasteiger partial charge in [-0.2, -0.15) is 0 Å². The summed E-state index contributed by atoms with van der Waals surface area (Å²) in [6, 6.07) is 23.5. The molecule has 0 amide bonds. The molecule has 26 heavy (non-hydrogen) atoms. The molecule has 0 unspecified atom stereocenters. The van der Waals surface area contributed by atoms with Gasteiger partial charge >= 0.3 is 0 Å². The smallest absolute Gasteiger partial charge is 0.137 e. The topological polar surface area (TPSA) is 25.2 Å². The van der Waals surface area contributed by atoms with Gasteiger partial charge < -0.3 is 9.73 Å². The maximum atomic E-state index is 5.99. The zero-order valence-corrected chi connectivity index (χ0v) is 14.9. The summed E-state index contributed by atoms with van der Waals surface area (Å²) < 4.78 is 5.99. The summed E-state index contributed by atoms with van der Waals surface area (Å²) in [4.78, 5) is 0. The van der Waals surface area contributed by atoms with Gasteiger partial charge in [-0.15, -0.1) is 0 Å². The SMILES string of the molecule is c1ccc2c(c1)oc1cccc(Nc3ccc(C4CCCCC4)cc3)c12. The predicted molar refractivity (Wildman–Crippen MR) is 109 cm³/mol. The number of hydrogen-bond acceptors (Lipinski definition) is 2. The lowest BCUT2D eigenvalue weighted by Gasteiger charge is -2.22. The minimum Gasteiger partial charge on any atom is -0.456 e. The second-order valence-electron chi connectivity index (χ2n) is 7.36. The van der Waals surface area contributed by atoms with Crippen molar-refractivity contribution in [1.82, 2.24) is 0 Å². The van der Waals surface area contributed by atoms with Crippen molar-refractivity contribution < 1.29 is 4.42 Å². The van der Waals surface area contributed by atoms with Crippen molar-refractivity contribution in [3.63, 3.8) is 0 Å². The van der Waals surface area contributed by atoms with E-state index >= 15 is 0 Å². The van der Waals surface area contributed by atoms with Crippen LogP contribution in [-0.2, 0) is 0 Å². The average molecular weight is 341 g/mol. The molecule has 2 heteroatoms. The molecule has 130 valence electrons. The number of fused-ring (bicyclic) bond motifs is 3. The van der Waals surface area contributed by atoms with Gasteiger partial charge in [0.25, 0.3) is 0 Å². The standard InChI is InChI=1S/C24H23NO/c1-2-7-17(8-3-1)18-13-15-19(16-14-18)25-21-10-6-12-23-24(21)20-9-4-5-11-22(20)26-23/h4-6,9-17,25H,1-3,7-8H2. The van der Waals surface area contributed by atoms with E-state index in [2.05, 4.69) is 47.8 Å². The van der Waals surface area contributed by atoms with Crippen molar-refractivity contribution in [1.29, 1.82) is 0 Å². The van der Waals surface area contributed by atoms with Gasteiger partial charge in [0.1, 0.15) is 11.2 Å². The molecule has 4 aromatic rings. The molecular weight excluding hydrogens is 318 g/mol. The molecule has 3 aromatic carbocycles. The van der Waals surface area contributed by atoms with Crippen molar-refractivity contribution in [2.75, 3.05) is 5.32 Å². The van der Waals surface area contributed by atoms with Crippen LogP contribution in [0, 0.1) is 0 Å². The van der Waals surface area contributed by atoms with E-state index in [1.165, 1.54) is 37.7 Å². The molecule has 0 saturated heterocycles. The first-order valence-electron chi connectivity index (χ1n) is 9.66. The molecule has 0 radical (unpaired) electrons. The second kappa shape index (κ2) is 6.53. The summed E-state index contributed by atoms with van der Waals surface area (Å²) in [7, 11) is 0. The Kier molecular flexibility index (Phi) is 3.89. The van der Waals surface area contributed by atoms with E-state index in [0.29, 0.717) is 0 Å². The molecule has 1 fully saturated rings. The Morgan fingerprint density at radius 2 is 1.50 bits per heavy atom. The molecule has 1 N–H and O–H groups in total. The van der Waals surface area contributed by atoms with E-state index in [1.54, 1.807) is 0 Å². The normalized spacial score (nSPS) is 15.5. The Bertz CT molecular complexity index is 1040. The highest BCUT2D eigenvalue weighted by molar-refractivity contribution is 6.11. The van der Waals surface area contributed by atoms with Gasteiger partial charge in [-0.1, -0.05) is 55.7 Å². The number of benzene rings is 3. The quantitative estimate of drug-likeness (QED) is 0.420. The number of rotatable bonds is 3. The predicted octanol–water partition coefficient (Wildman–Crippen LogP) is 7.38. The highest BCUT2D eigenvalue weighted by Gasteiger charge is 2.15. The van der Waals surface area contributed by atoms with Crippen LogP contribution in [0.25, 0.3) is 21.9 Å². The van der Waals surface area contributed by atoms with Crippen LogP contribution in [0.15, 0.2) is 71.1 Å². The Labute approximate surface area is 153 Å². The zero-order chi connectivity index (χ0) is 17.3. The summed E-state index contributed by atoms with van der Waals surface area (Å²) in [6.07, 6.45) is 6.83. The van der Waals surface area contributed by atoms with E-state index in [-0.39, 0.29) is 0 Å². The molecule has 1 aromatic heterocycles. The van der Waals surface area contributed by atoms with Crippen molar-refractivity contribution in [3.05, 3.63) is 72.3 Å². The molecule has 5 rings (SSSR count). The van der Waals surface area contributed by atoms with Gasteiger partial charge in [0.2, 0.25) is 0 Å². The van der Waals surface area contributed by atoms with Crippen molar-refractivity contribution in [2.45, 2.75) is 38.0 Å². The second-order valence-corrected chi connectivity index (χ2v) is 7.36. The van der Waals surface area contributed by atoms with Crippen LogP contribution < -0.4 is 5.32 Å². The van der Waals surface area contributed by atoms with Crippen molar-refractivity contribution >= 4 is 33.3 Å². The number of hydrogen-bond donors (Lipinski definition) is 1. The lowest BCUT2D eigenvalue weighted by Crippen LogP contribution is -2.04. The summed E-state index contributed by atoms with van der Waals surface area (Å²) in [5, 5.41) is 5.90. The Balaban J connectivity index is 1.47. The Morgan fingerprint density at radius 3 is 2.35 bits per heavy atom. The highest BCUT2D eigenvalue weighted by Crippen LogP contribution is 2.36. The summed E-state index contributed by atoms with van der Waals surface area (Å²) in [6.45, 7) is 0.